The van der Waals surface area contributed by atoms with E-state index >= 15 is 0 Å². The molecule has 0 radical (unpaired) electrons. The Morgan fingerprint density at radius 1 is 1.42 bits per heavy atom. The third kappa shape index (κ3) is 1.64. The first-order valence-corrected chi connectivity index (χ1v) is 5.17. The molecule has 70 valence electrons. The Labute approximate surface area is 74.4 Å². The molecule has 2 fully saturated rings. The SMILES string of the molecule is C[C@H](O)CN[C@H]1C[C@@H]2CC[C@@H]1C2. The van der Waals surface area contributed by atoms with Crippen LogP contribution in [0.4, 0.5) is 0 Å². The molecule has 0 amide bonds. The highest BCUT2D eigenvalue weighted by molar-refractivity contribution is 4.94. The molecule has 2 nitrogen and oxygen atoms in total. The Morgan fingerprint density at radius 3 is 2.75 bits per heavy atom. The maximum Gasteiger partial charge on any atom is 0.0636 e. The Hall–Kier alpha value is -0.0800. The second-order valence-electron chi connectivity index (χ2n) is 4.54. The fourth-order valence-electron chi connectivity index (χ4n) is 2.82. The fourth-order valence-corrected chi connectivity index (χ4v) is 2.82. The van der Waals surface area contributed by atoms with Crippen LogP contribution in [0.2, 0.25) is 0 Å². The van der Waals surface area contributed by atoms with Crippen LogP contribution in [0.15, 0.2) is 0 Å². The molecule has 12 heavy (non-hydrogen) atoms. The van der Waals surface area contributed by atoms with Crippen LogP contribution in [-0.4, -0.2) is 23.8 Å². The van der Waals surface area contributed by atoms with Gasteiger partial charge in [0.05, 0.1) is 6.10 Å². The van der Waals surface area contributed by atoms with E-state index in [1.54, 1.807) is 0 Å². The van der Waals surface area contributed by atoms with Crippen molar-refractivity contribution >= 4 is 0 Å². The van der Waals surface area contributed by atoms with Gasteiger partial charge in [-0.05, 0) is 38.0 Å². The van der Waals surface area contributed by atoms with Gasteiger partial charge in [-0.2, -0.15) is 0 Å². The van der Waals surface area contributed by atoms with E-state index in [9.17, 15) is 0 Å². The van der Waals surface area contributed by atoms with Crippen LogP contribution in [0, 0.1) is 11.8 Å². The summed E-state index contributed by atoms with van der Waals surface area (Å²) in [5.41, 5.74) is 0. The average molecular weight is 169 g/mol. The van der Waals surface area contributed by atoms with Crippen molar-refractivity contribution in [3.05, 3.63) is 0 Å². The molecule has 2 N–H and O–H groups in total. The molecule has 2 rings (SSSR count). The first-order valence-electron chi connectivity index (χ1n) is 5.17. The van der Waals surface area contributed by atoms with E-state index < -0.39 is 0 Å². The zero-order chi connectivity index (χ0) is 8.55. The second kappa shape index (κ2) is 3.35. The molecule has 0 saturated heterocycles. The number of aliphatic hydroxyl groups excluding tert-OH is 1. The van der Waals surface area contributed by atoms with Crippen molar-refractivity contribution in [3.63, 3.8) is 0 Å². The maximum absolute atomic E-state index is 9.12. The fraction of sp³-hybridized carbons (Fsp3) is 1.00. The first kappa shape index (κ1) is 8.52. The van der Waals surface area contributed by atoms with E-state index in [1.807, 2.05) is 6.92 Å². The lowest BCUT2D eigenvalue weighted by Gasteiger charge is -2.23. The Kier molecular flexibility index (Phi) is 2.37. The molecule has 0 aromatic heterocycles. The molecule has 2 aliphatic rings. The summed E-state index contributed by atoms with van der Waals surface area (Å²) in [5, 5.41) is 12.6. The van der Waals surface area contributed by atoms with Gasteiger partial charge >= 0.3 is 0 Å². The van der Waals surface area contributed by atoms with Crippen LogP contribution in [0.5, 0.6) is 0 Å². The Balaban J connectivity index is 1.76. The third-order valence-electron chi connectivity index (χ3n) is 3.41. The molecule has 2 bridgehead atoms. The summed E-state index contributed by atoms with van der Waals surface area (Å²) in [6.45, 7) is 2.62. The number of nitrogens with one attached hydrogen (secondary N) is 1. The van der Waals surface area contributed by atoms with Crippen molar-refractivity contribution in [1.29, 1.82) is 0 Å². The van der Waals surface area contributed by atoms with Crippen molar-refractivity contribution in [2.45, 2.75) is 44.8 Å². The molecule has 0 heterocycles. The van der Waals surface area contributed by atoms with Gasteiger partial charge in [-0.25, -0.2) is 0 Å². The van der Waals surface area contributed by atoms with Gasteiger partial charge in [-0.15, -0.1) is 0 Å². The predicted octanol–water partition coefficient (Wildman–Crippen LogP) is 1.15. The highest BCUT2D eigenvalue weighted by atomic mass is 16.3. The zero-order valence-electron chi connectivity index (χ0n) is 7.79. The minimum absolute atomic E-state index is 0.191. The summed E-state index contributed by atoms with van der Waals surface area (Å²) in [6.07, 6.45) is 5.48. The first-order chi connectivity index (χ1) is 5.75. The van der Waals surface area contributed by atoms with Crippen LogP contribution in [-0.2, 0) is 0 Å². The van der Waals surface area contributed by atoms with Crippen LogP contribution in [0.25, 0.3) is 0 Å². The predicted molar refractivity (Wildman–Crippen MR) is 48.9 cm³/mol. The quantitative estimate of drug-likeness (QED) is 0.664. The van der Waals surface area contributed by atoms with Gasteiger partial charge in [-0.3, -0.25) is 0 Å². The molecule has 0 aliphatic heterocycles. The molecule has 0 spiro atoms. The number of hydrogen-bond acceptors (Lipinski definition) is 2. The van der Waals surface area contributed by atoms with Gasteiger partial charge in [0, 0.05) is 12.6 Å². The summed E-state index contributed by atoms with van der Waals surface area (Å²) in [5.74, 6) is 1.93. The van der Waals surface area contributed by atoms with Gasteiger partial charge in [0.15, 0.2) is 0 Å². The lowest BCUT2D eigenvalue weighted by Crippen LogP contribution is -2.38. The lowest BCUT2D eigenvalue weighted by atomic mass is 9.95. The van der Waals surface area contributed by atoms with Crippen molar-refractivity contribution in [2.24, 2.45) is 11.8 Å². The summed E-state index contributed by atoms with van der Waals surface area (Å²) < 4.78 is 0. The third-order valence-corrected chi connectivity index (χ3v) is 3.41. The minimum atomic E-state index is -0.191. The van der Waals surface area contributed by atoms with Crippen LogP contribution >= 0.6 is 0 Å². The normalized spacial score (nSPS) is 42.0. The summed E-state index contributed by atoms with van der Waals surface area (Å²) in [4.78, 5) is 0. The molecular formula is C10H19NO. The highest BCUT2D eigenvalue weighted by Crippen LogP contribution is 2.44. The summed E-state index contributed by atoms with van der Waals surface area (Å²) >= 11 is 0. The van der Waals surface area contributed by atoms with Crippen molar-refractivity contribution in [1.82, 2.24) is 5.32 Å². The maximum atomic E-state index is 9.12. The lowest BCUT2D eigenvalue weighted by molar-refractivity contribution is 0.179. The van der Waals surface area contributed by atoms with E-state index in [2.05, 4.69) is 5.32 Å². The van der Waals surface area contributed by atoms with E-state index in [0.29, 0.717) is 0 Å². The topological polar surface area (TPSA) is 32.3 Å². The molecule has 0 aromatic rings. The van der Waals surface area contributed by atoms with Gasteiger partial charge < -0.3 is 10.4 Å². The molecular weight excluding hydrogens is 150 g/mol. The van der Waals surface area contributed by atoms with E-state index in [-0.39, 0.29) is 6.10 Å². The van der Waals surface area contributed by atoms with Crippen molar-refractivity contribution in [2.75, 3.05) is 6.54 Å². The monoisotopic (exact) mass is 169 g/mol. The van der Waals surface area contributed by atoms with Crippen LogP contribution in [0.3, 0.4) is 0 Å². The standard InChI is InChI=1S/C10H19NO/c1-7(12)6-11-10-5-8-2-3-9(10)4-8/h7-12H,2-6H2,1H3/t7-,8+,9+,10-/m0/s1. The summed E-state index contributed by atoms with van der Waals surface area (Å²) in [6, 6.07) is 0.721. The van der Waals surface area contributed by atoms with Crippen molar-refractivity contribution < 1.29 is 5.11 Å². The van der Waals surface area contributed by atoms with Gasteiger partial charge in [-0.1, -0.05) is 6.42 Å². The Morgan fingerprint density at radius 2 is 2.25 bits per heavy atom. The largest absolute Gasteiger partial charge is 0.392 e. The van der Waals surface area contributed by atoms with Gasteiger partial charge in [0.25, 0.3) is 0 Å². The van der Waals surface area contributed by atoms with Gasteiger partial charge in [0.1, 0.15) is 0 Å². The molecule has 2 saturated carbocycles. The minimum Gasteiger partial charge on any atom is -0.392 e. The van der Waals surface area contributed by atoms with E-state index in [4.69, 9.17) is 5.11 Å². The number of hydrogen-bond donors (Lipinski definition) is 2. The van der Waals surface area contributed by atoms with Crippen LogP contribution in [0.1, 0.15) is 32.6 Å². The molecule has 0 aromatic carbocycles. The molecule has 2 aliphatic carbocycles. The highest BCUT2D eigenvalue weighted by Gasteiger charge is 2.38. The van der Waals surface area contributed by atoms with Crippen LogP contribution < -0.4 is 5.32 Å². The number of aliphatic hydroxyl groups is 1. The molecule has 0 unspecified atom stereocenters. The number of rotatable bonds is 3. The second-order valence-corrected chi connectivity index (χ2v) is 4.54. The van der Waals surface area contributed by atoms with E-state index in [1.165, 1.54) is 25.7 Å². The summed E-state index contributed by atoms with van der Waals surface area (Å²) in [7, 11) is 0. The molecule has 2 heteroatoms. The Bertz CT molecular complexity index is 158. The zero-order valence-corrected chi connectivity index (χ0v) is 7.79. The van der Waals surface area contributed by atoms with E-state index in [0.717, 1.165) is 24.4 Å². The smallest absolute Gasteiger partial charge is 0.0636 e. The molecule has 4 atom stereocenters. The van der Waals surface area contributed by atoms with Crippen molar-refractivity contribution in [3.8, 4) is 0 Å². The number of fused-ring (bicyclic) bond motifs is 2. The average Bonchev–Trinajstić information content (AvgIpc) is 2.60. The van der Waals surface area contributed by atoms with Gasteiger partial charge in [0.2, 0.25) is 0 Å².